The van der Waals surface area contributed by atoms with Crippen LogP contribution in [0.1, 0.15) is 38.9 Å². The van der Waals surface area contributed by atoms with Gasteiger partial charge in [-0.25, -0.2) is 0 Å². The van der Waals surface area contributed by atoms with Gasteiger partial charge in [0, 0.05) is 5.41 Å². The van der Waals surface area contributed by atoms with Crippen LogP contribution in [0.15, 0.2) is 42.5 Å². The molecule has 0 aliphatic rings. The molecule has 92 valence electrons. The third kappa shape index (κ3) is 4.53. The normalized spacial score (nSPS) is 13.9. The number of benzene rings is 1. The van der Waals surface area contributed by atoms with Crippen molar-refractivity contribution in [1.29, 1.82) is 0 Å². The fourth-order valence-electron chi connectivity index (χ4n) is 1.37. The molecular weight excluding hydrogens is 212 g/mol. The second-order valence-electron chi connectivity index (χ2n) is 5.18. The summed E-state index contributed by atoms with van der Waals surface area (Å²) in [7, 11) is 0. The Morgan fingerprint density at radius 1 is 1.29 bits per heavy atom. The highest BCUT2D eigenvalue weighted by Gasteiger charge is 2.17. The second-order valence-corrected chi connectivity index (χ2v) is 5.18. The van der Waals surface area contributed by atoms with E-state index < -0.39 is 6.10 Å². The van der Waals surface area contributed by atoms with Crippen LogP contribution in [0.2, 0.25) is 0 Å². The van der Waals surface area contributed by atoms with E-state index in [0.29, 0.717) is 6.42 Å². The van der Waals surface area contributed by atoms with Crippen molar-refractivity contribution in [2.24, 2.45) is 5.41 Å². The van der Waals surface area contributed by atoms with Gasteiger partial charge in [0.1, 0.15) is 0 Å². The third-order valence-electron chi connectivity index (χ3n) is 2.55. The van der Waals surface area contributed by atoms with Crippen LogP contribution in [-0.2, 0) is 4.79 Å². The van der Waals surface area contributed by atoms with E-state index in [0.717, 1.165) is 5.56 Å². The average Bonchev–Trinajstić information content (AvgIpc) is 2.28. The van der Waals surface area contributed by atoms with Gasteiger partial charge in [-0.05, 0) is 18.1 Å². The Morgan fingerprint density at radius 2 is 1.88 bits per heavy atom. The SMILES string of the molecule is CC(C)(C)C(=O)/C=C/C[C@@H](O)c1ccccc1. The van der Waals surface area contributed by atoms with Gasteiger partial charge in [-0.2, -0.15) is 0 Å². The van der Waals surface area contributed by atoms with Gasteiger partial charge in [-0.3, -0.25) is 4.79 Å². The predicted molar refractivity (Wildman–Crippen MR) is 69.6 cm³/mol. The summed E-state index contributed by atoms with van der Waals surface area (Å²) < 4.78 is 0. The number of rotatable bonds is 4. The summed E-state index contributed by atoms with van der Waals surface area (Å²) in [6.45, 7) is 5.65. The van der Waals surface area contributed by atoms with Crippen molar-refractivity contribution in [3.05, 3.63) is 48.0 Å². The lowest BCUT2D eigenvalue weighted by atomic mass is 9.90. The Bertz CT molecular complexity index is 385. The molecular formula is C15H20O2. The van der Waals surface area contributed by atoms with Crippen LogP contribution in [0.25, 0.3) is 0 Å². The van der Waals surface area contributed by atoms with Gasteiger partial charge in [-0.15, -0.1) is 0 Å². The molecule has 1 rings (SSSR count). The average molecular weight is 232 g/mol. The Morgan fingerprint density at radius 3 is 2.41 bits per heavy atom. The van der Waals surface area contributed by atoms with Crippen LogP contribution in [0, 0.1) is 5.41 Å². The molecule has 0 amide bonds. The zero-order valence-electron chi connectivity index (χ0n) is 10.7. The van der Waals surface area contributed by atoms with Crippen molar-refractivity contribution >= 4 is 5.78 Å². The molecule has 0 radical (unpaired) electrons. The lowest BCUT2D eigenvalue weighted by molar-refractivity contribution is -0.121. The van der Waals surface area contributed by atoms with E-state index in [-0.39, 0.29) is 11.2 Å². The summed E-state index contributed by atoms with van der Waals surface area (Å²) in [5.41, 5.74) is 0.522. The lowest BCUT2D eigenvalue weighted by Crippen LogP contribution is -2.17. The fraction of sp³-hybridized carbons (Fsp3) is 0.400. The smallest absolute Gasteiger partial charge is 0.160 e. The van der Waals surface area contributed by atoms with Crippen LogP contribution in [0.5, 0.6) is 0 Å². The quantitative estimate of drug-likeness (QED) is 0.809. The number of carbonyl (C=O) groups is 1. The minimum Gasteiger partial charge on any atom is -0.388 e. The number of ketones is 1. The molecule has 0 saturated carbocycles. The largest absolute Gasteiger partial charge is 0.388 e. The minimum absolute atomic E-state index is 0.0813. The van der Waals surface area contributed by atoms with Crippen molar-refractivity contribution in [2.45, 2.75) is 33.3 Å². The van der Waals surface area contributed by atoms with Gasteiger partial charge in [0.15, 0.2) is 5.78 Å². The Labute approximate surface area is 103 Å². The van der Waals surface area contributed by atoms with Gasteiger partial charge in [0.25, 0.3) is 0 Å². The van der Waals surface area contributed by atoms with Gasteiger partial charge >= 0.3 is 0 Å². The Hall–Kier alpha value is -1.41. The standard InChI is InChI=1S/C15H20O2/c1-15(2,3)14(17)11-7-10-13(16)12-8-5-4-6-9-12/h4-9,11,13,16H,10H2,1-3H3/b11-7+/t13-/m1/s1. The zero-order valence-corrected chi connectivity index (χ0v) is 10.7. The summed E-state index contributed by atoms with van der Waals surface area (Å²) in [5, 5.41) is 9.87. The summed E-state index contributed by atoms with van der Waals surface area (Å²) in [6, 6.07) is 9.45. The molecule has 0 bridgehead atoms. The van der Waals surface area contributed by atoms with E-state index in [9.17, 15) is 9.90 Å². The van der Waals surface area contributed by atoms with E-state index in [1.54, 1.807) is 12.2 Å². The highest BCUT2D eigenvalue weighted by molar-refractivity contribution is 5.93. The van der Waals surface area contributed by atoms with Crippen LogP contribution < -0.4 is 0 Å². The molecule has 2 nitrogen and oxygen atoms in total. The molecule has 0 aromatic heterocycles. The van der Waals surface area contributed by atoms with E-state index in [4.69, 9.17) is 0 Å². The number of hydrogen-bond acceptors (Lipinski definition) is 2. The van der Waals surface area contributed by atoms with Gasteiger partial charge in [0.05, 0.1) is 6.10 Å². The van der Waals surface area contributed by atoms with Gasteiger partial charge in [0.2, 0.25) is 0 Å². The minimum atomic E-state index is -0.541. The topological polar surface area (TPSA) is 37.3 Å². The van der Waals surface area contributed by atoms with Crippen molar-refractivity contribution < 1.29 is 9.90 Å². The maximum atomic E-state index is 11.6. The van der Waals surface area contributed by atoms with E-state index in [2.05, 4.69) is 0 Å². The fourth-order valence-corrected chi connectivity index (χ4v) is 1.37. The number of aliphatic hydroxyl groups is 1. The number of hydrogen-bond donors (Lipinski definition) is 1. The molecule has 0 fully saturated rings. The molecule has 2 heteroatoms. The van der Waals surface area contributed by atoms with E-state index in [1.807, 2.05) is 51.1 Å². The van der Waals surface area contributed by atoms with Gasteiger partial charge < -0.3 is 5.11 Å². The first kappa shape index (κ1) is 13.7. The third-order valence-corrected chi connectivity index (χ3v) is 2.55. The molecule has 0 spiro atoms. The monoisotopic (exact) mass is 232 g/mol. The van der Waals surface area contributed by atoms with Crippen LogP contribution in [0.3, 0.4) is 0 Å². The van der Waals surface area contributed by atoms with E-state index >= 15 is 0 Å². The first-order chi connectivity index (χ1) is 7.91. The highest BCUT2D eigenvalue weighted by atomic mass is 16.3. The Balaban J connectivity index is 2.52. The molecule has 0 saturated heterocycles. The van der Waals surface area contributed by atoms with Crippen LogP contribution in [-0.4, -0.2) is 10.9 Å². The van der Waals surface area contributed by atoms with Crippen molar-refractivity contribution in [3.8, 4) is 0 Å². The van der Waals surface area contributed by atoms with Crippen LogP contribution in [0.4, 0.5) is 0 Å². The molecule has 0 unspecified atom stereocenters. The van der Waals surface area contributed by atoms with Crippen molar-refractivity contribution in [2.75, 3.05) is 0 Å². The summed E-state index contributed by atoms with van der Waals surface area (Å²) >= 11 is 0. The molecule has 1 aromatic carbocycles. The molecule has 17 heavy (non-hydrogen) atoms. The molecule has 1 atom stereocenters. The first-order valence-corrected chi connectivity index (χ1v) is 5.85. The lowest BCUT2D eigenvalue weighted by Gasteiger charge is -2.13. The Kier molecular flexibility index (Phi) is 4.64. The maximum absolute atomic E-state index is 11.6. The summed E-state index contributed by atoms with van der Waals surface area (Å²) in [5.74, 6) is 0.0813. The first-order valence-electron chi connectivity index (χ1n) is 5.85. The van der Waals surface area contributed by atoms with Gasteiger partial charge in [-0.1, -0.05) is 57.2 Å². The maximum Gasteiger partial charge on any atom is 0.160 e. The second kappa shape index (κ2) is 5.78. The number of allylic oxidation sites excluding steroid dienone is 1. The molecule has 1 N–H and O–H groups in total. The number of aliphatic hydroxyl groups excluding tert-OH is 1. The molecule has 0 aliphatic heterocycles. The highest BCUT2D eigenvalue weighted by Crippen LogP contribution is 2.18. The number of carbonyl (C=O) groups excluding carboxylic acids is 1. The summed E-state index contributed by atoms with van der Waals surface area (Å²) in [4.78, 5) is 11.6. The van der Waals surface area contributed by atoms with E-state index in [1.165, 1.54) is 0 Å². The summed E-state index contributed by atoms with van der Waals surface area (Å²) in [6.07, 6.45) is 3.23. The van der Waals surface area contributed by atoms with Crippen molar-refractivity contribution in [3.63, 3.8) is 0 Å². The molecule has 1 aromatic rings. The predicted octanol–water partition coefficient (Wildman–Crippen LogP) is 3.28. The zero-order chi connectivity index (χ0) is 12.9. The molecule has 0 heterocycles. The molecule has 0 aliphatic carbocycles. The van der Waals surface area contributed by atoms with Crippen LogP contribution >= 0.6 is 0 Å². The van der Waals surface area contributed by atoms with Crippen molar-refractivity contribution in [1.82, 2.24) is 0 Å².